The number of nitrogens with zero attached hydrogens (tertiary/aromatic N) is 2. The molecule has 0 spiro atoms. The Labute approximate surface area is 122 Å². The van der Waals surface area contributed by atoms with E-state index >= 15 is 0 Å². The van der Waals surface area contributed by atoms with Gasteiger partial charge in [0.05, 0.1) is 18.7 Å². The molecule has 108 valence electrons. The van der Waals surface area contributed by atoms with E-state index in [1.165, 1.54) is 0 Å². The molecule has 3 heterocycles. The molecule has 6 heteroatoms. The van der Waals surface area contributed by atoms with E-state index in [-0.39, 0.29) is 17.7 Å². The molecule has 20 heavy (non-hydrogen) atoms. The number of hydrogen-bond donors (Lipinski definition) is 0. The largest absolute Gasteiger partial charge is 0.467 e. The van der Waals surface area contributed by atoms with E-state index in [0.717, 1.165) is 30.4 Å². The van der Waals surface area contributed by atoms with Crippen LogP contribution >= 0.6 is 11.8 Å². The predicted molar refractivity (Wildman–Crippen MR) is 76.1 cm³/mol. The first-order valence-electron chi connectivity index (χ1n) is 6.91. The van der Waals surface area contributed by atoms with Gasteiger partial charge in [-0.05, 0) is 12.1 Å². The molecule has 1 atom stereocenters. The zero-order valence-electron chi connectivity index (χ0n) is 11.3. The Morgan fingerprint density at radius 2 is 2.20 bits per heavy atom. The van der Waals surface area contributed by atoms with Crippen LogP contribution in [0, 0.1) is 5.92 Å². The van der Waals surface area contributed by atoms with Gasteiger partial charge in [-0.3, -0.25) is 9.59 Å². The summed E-state index contributed by atoms with van der Waals surface area (Å²) in [6.45, 7) is 2.60. The van der Waals surface area contributed by atoms with Crippen molar-refractivity contribution in [1.29, 1.82) is 0 Å². The molecule has 2 aliphatic rings. The lowest BCUT2D eigenvalue weighted by Gasteiger charge is -2.28. The minimum absolute atomic E-state index is 0.0473. The third-order valence-corrected chi connectivity index (χ3v) is 4.76. The number of amides is 2. The standard InChI is InChI=1S/C14H18N2O3S/c17-13-8-11(14(18)15-3-6-20-7-4-15)9-16(13)10-12-2-1-5-19-12/h1-2,5,11H,3-4,6-10H2/t11-/m1/s1. The van der Waals surface area contributed by atoms with Gasteiger partial charge in [0, 0.05) is 37.6 Å². The highest BCUT2D eigenvalue weighted by molar-refractivity contribution is 7.99. The molecule has 0 bridgehead atoms. The van der Waals surface area contributed by atoms with Gasteiger partial charge in [0.1, 0.15) is 5.76 Å². The van der Waals surface area contributed by atoms with Crippen LogP contribution in [0.15, 0.2) is 22.8 Å². The fourth-order valence-electron chi connectivity index (χ4n) is 2.72. The van der Waals surface area contributed by atoms with Crippen molar-refractivity contribution in [2.75, 3.05) is 31.1 Å². The van der Waals surface area contributed by atoms with Crippen molar-refractivity contribution in [3.05, 3.63) is 24.2 Å². The normalized spacial score (nSPS) is 23.4. The highest BCUT2D eigenvalue weighted by Gasteiger charge is 2.36. The van der Waals surface area contributed by atoms with Gasteiger partial charge in [0.2, 0.25) is 11.8 Å². The van der Waals surface area contributed by atoms with Crippen molar-refractivity contribution in [2.24, 2.45) is 5.92 Å². The predicted octanol–water partition coefficient (Wildman–Crippen LogP) is 1.20. The number of thioether (sulfide) groups is 1. The fourth-order valence-corrected chi connectivity index (χ4v) is 3.63. The second-order valence-electron chi connectivity index (χ2n) is 5.19. The Morgan fingerprint density at radius 3 is 2.90 bits per heavy atom. The first-order valence-corrected chi connectivity index (χ1v) is 8.06. The molecule has 2 saturated heterocycles. The van der Waals surface area contributed by atoms with Crippen LogP contribution in [0.4, 0.5) is 0 Å². The molecule has 2 amide bonds. The number of furan rings is 1. The second-order valence-corrected chi connectivity index (χ2v) is 6.42. The van der Waals surface area contributed by atoms with Crippen LogP contribution in [-0.4, -0.2) is 52.8 Å². The van der Waals surface area contributed by atoms with Gasteiger partial charge >= 0.3 is 0 Å². The van der Waals surface area contributed by atoms with E-state index in [2.05, 4.69) is 0 Å². The Bertz CT molecular complexity index is 483. The third kappa shape index (κ3) is 2.85. The molecule has 0 radical (unpaired) electrons. The van der Waals surface area contributed by atoms with Crippen molar-refractivity contribution in [1.82, 2.24) is 9.80 Å². The van der Waals surface area contributed by atoms with Gasteiger partial charge in [-0.15, -0.1) is 0 Å². The second kappa shape index (κ2) is 5.91. The molecule has 1 aromatic heterocycles. The molecule has 0 aliphatic carbocycles. The first kappa shape index (κ1) is 13.5. The summed E-state index contributed by atoms with van der Waals surface area (Å²) in [5, 5.41) is 0. The smallest absolute Gasteiger partial charge is 0.228 e. The molecule has 5 nitrogen and oxygen atoms in total. The van der Waals surface area contributed by atoms with Crippen LogP contribution in [0.2, 0.25) is 0 Å². The lowest BCUT2D eigenvalue weighted by Crippen LogP contribution is -2.42. The van der Waals surface area contributed by atoms with E-state index in [4.69, 9.17) is 4.42 Å². The molecule has 2 aliphatic heterocycles. The maximum absolute atomic E-state index is 12.4. The first-order chi connectivity index (χ1) is 9.74. The minimum atomic E-state index is -0.180. The maximum atomic E-state index is 12.4. The summed E-state index contributed by atoms with van der Waals surface area (Å²) in [4.78, 5) is 28.0. The van der Waals surface area contributed by atoms with E-state index in [1.807, 2.05) is 28.8 Å². The van der Waals surface area contributed by atoms with Crippen LogP contribution < -0.4 is 0 Å². The maximum Gasteiger partial charge on any atom is 0.228 e. The number of hydrogen-bond acceptors (Lipinski definition) is 4. The van der Waals surface area contributed by atoms with Gasteiger partial charge in [-0.25, -0.2) is 0 Å². The van der Waals surface area contributed by atoms with Crippen molar-refractivity contribution < 1.29 is 14.0 Å². The van der Waals surface area contributed by atoms with Gasteiger partial charge in [-0.1, -0.05) is 0 Å². The average Bonchev–Trinajstić information content (AvgIpc) is 3.10. The fraction of sp³-hybridized carbons (Fsp3) is 0.571. The van der Waals surface area contributed by atoms with Crippen LogP contribution in [-0.2, 0) is 16.1 Å². The van der Waals surface area contributed by atoms with Gasteiger partial charge in [-0.2, -0.15) is 11.8 Å². The highest BCUT2D eigenvalue weighted by atomic mass is 32.2. The number of likely N-dealkylation sites (tertiary alicyclic amines) is 1. The Morgan fingerprint density at radius 1 is 1.40 bits per heavy atom. The lowest BCUT2D eigenvalue weighted by atomic mass is 10.1. The van der Waals surface area contributed by atoms with E-state index in [0.29, 0.717) is 19.5 Å². The van der Waals surface area contributed by atoms with Gasteiger partial charge in [0.15, 0.2) is 0 Å². The molecule has 2 fully saturated rings. The third-order valence-electron chi connectivity index (χ3n) is 3.81. The zero-order valence-corrected chi connectivity index (χ0v) is 12.1. The average molecular weight is 294 g/mol. The monoisotopic (exact) mass is 294 g/mol. The molecule has 0 N–H and O–H groups in total. The van der Waals surface area contributed by atoms with Gasteiger partial charge in [0.25, 0.3) is 0 Å². The van der Waals surface area contributed by atoms with Crippen LogP contribution in [0.1, 0.15) is 12.2 Å². The molecular formula is C14H18N2O3S. The van der Waals surface area contributed by atoms with E-state index < -0.39 is 0 Å². The van der Waals surface area contributed by atoms with Crippen molar-refractivity contribution in [2.45, 2.75) is 13.0 Å². The van der Waals surface area contributed by atoms with Crippen LogP contribution in [0.25, 0.3) is 0 Å². The van der Waals surface area contributed by atoms with Crippen molar-refractivity contribution in [3.63, 3.8) is 0 Å². The summed E-state index contributed by atoms with van der Waals surface area (Å²) >= 11 is 1.88. The zero-order chi connectivity index (χ0) is 13.9. The Kier molecular flexibility index (Phi) is 4.00. The number of carbonyl (C=O) groups is 2. The SMILES string of the molecule is O=C1C[C@@H](C(=O)N2CCSCC2)CN1Cc1ccco1. The van der Waals surface area contributed by atoms with Crippen LogP contribution in [0.5, 0.6) is 0 Å². The summed E-state index contributed by atoms with van der Waals surface area (Å²) in [5.41, 5.74) is 0. The quantitative estimate of drug-likeness (QED) is 0.840. The molecule has 0 saturated carbocycles. The molecular weight excluding hydrogens is 276 g/mol. The molecule has 0 unspecified atom stereocenters. The molecule has 3 rings (SSSR count). The number of carbonyl (C=O) groups excluding carboxylic acids is 2. The molecule has 0 aromatic carbocycles. The van der Waals surface area contributed by atoms with E-state index in [1.54, 1.807) is 11.2 Å². The summed E-state index contributed by atoms with van der Waals surface area (Å²) in [5.74, 6) is 2.78. The minimum Gasteiger partial charge on any atom is -0.467 e. The lowest BCUT2D eigenvalue weighted by molar-refractivity contribution is -0.135. The molecule has 1 aromatic rings. The number of rotatable bonds is 3. The van der Waals surface area contributed by atoms with Crippen molar-refractivity contribution >= 4 is 23.6 Å². The Hall–Kier alpha value is -1.43. The van der Waals surface area contributed by atoms with E-state index in [9.17, 15) is 9.59 Å². The highest BCUT2D eigenvalue weighted by Crippen LogP contribution is 2.23. The van der Waals surface area contributed by atoms with Crippen LogP contribution in [0.3, 0.4) is 0 Å². The van der Waals surface area contributed by atoms with Crippen molar-refractivity contribution in [3.8, 4) is 0 Å². The van der Waals surface area contributed by atoms with Gasteiger partial charge < -0.3 is 14.2 Å². The Balaban J connectivity index is 1.59. The topological polar surface area (TPSA) is 53.8 Å². The summed E-state index contributed by atoms with van der Waals surface area (Å²) in [6, 6.07) is 3.66. The summed E-state index contributed by atoms with van der Waals surface area (Å²) < 4.78 is 5.26. The summed E-state index contributed by atoms with van der Waals surface area (Å²) in [7, 11) is 0. The summed E-state index contributed by atoms with van der Waals surface area (Å²) in [6.07, 6.45) is 1.94.